The number of hydrogen-bond acceptors (Lipinski definition) is 6. The number of hydrogen-bond donors (Lipinski definition) is 1. The summed E-state index contributed by atoms with van der Waals surface area (Å²) < 4.78 is 20.5. The fourth-order valence-corrected chi connectivity index (χ4v) is 2.23. The second kappa shape index (κ2) is 9.28. The van der Waals surface area contributed by atoms with Crippen LogP contribution in [0.25, 0.3) is 6.08 Å². The minimum atomic E-state index is -1.11. The van der Waals surface area contributed by atoms with Gasteiger partial charge in [-0.2, -0.15) is 0 Å². The van der Waals surface area contributed by atoms with Crippen molar-refractivity contribution in [3.63, 3.8) is 0 Å². The summed E-state index contributed by atoms with van der Waals surface area (Å²) in [5.74, 6) is -0.0900. The lowest BCUT2D eigenvalue weighted by Gasteiger charge is -2.11. The highest BCUT2D eigenvalue weighted by Gasteiger charge is 2.11. The molecule has 7 nitrogen and oxygen atoms in total. The first-order chi connectivity index (χ1) is 13.0. The quantitative estimate of drug-likeness (QED) is 0.562. The van der Waals surface area contributed by atoms with E-state index >= 15 is 0 Å². The molecule has 0 bridgehead atoms. The lowest BCUT2D eigenvalue weighted by atomic mass is 10.1. The SMILES string of the molecule is COC(=O)c1ccc(/C=C(/COc2cc(OC)cc(OC)c2)C(=O)O)cc1. The Morgan fingerprint density at radius 1 is 0.926 bits per heavy atom. The van der Waals surface area contributed by atoms with E-state index in [1.54, 1.807) is 42.5 Å². The molecule has 0 radical (unpaired) electrons. The third-order valence-electron chi connectivity index (χ3n) is 3.67. The van der Waals surface area contributed by atoms with E-state index in [0.717, 1.165) is 0 Å². The monoisotopic (exact) mass is 372 g/mol. The first kappa shape index (κ1) is 19.8. The van der Waals surface area contributed by atoms with Gasteiger partial charge in [-0.05, 0) is 23.8 Å². The van der Waals surface area contributed by atoms with Crippen molar-refractivity contribution < 1.29 is 33.6 Å². The van der Waals surface area contributed by atoms with E-state index in [1.165, 1.54) is 27.4 Å². The highest BCUT2D eigenvalue weighted by molar-refractivity contribution is 5.93. The normalized spacial score (nSPS) is 10.9. The number of rotatable bonds is 8. The van der Waals surface area contributed by atoms with Crippen LogP contribution in [0.2, 0.25) is 0 Å². The van der Waals surface area contributed by atoms with Gasteiger partial charge >= 0.3 is 11.9 Å². The molecule has 0 spiro atoms. The number of carbonyl (C=O) groups excluding carboxylic acids is 1. The molecule has 2 rings (SSSR count). The van der Waals surface area contributed by atoms with Gasteiger partial charge in [-0.15, -0.1) is 0 Å². The van der Waals surface area contributed by atoms with Gasteiger partial charge in [-0.25, -0.2) is 9.59 Å². The Kier molecular flexibility index (Phi) is 6.82. The smallest absolute Gasteiger partial charge is 0.337 e. The number of ether oxygens (including phenoxy) is 4. The number of carboxylic acids is 1. The van der Waals surface area contributed by atoms with Crippen LogP contribution in [-0.2, 0) is 9.53 Å². The molecule has 0 heterocycles. The second-order valence-electron chi connectivity index (χ2n) is 5.43. The molecule has 2 aromatic carbocycles. The van der Waals surface area contributed by atoms with E-state index < -0.39 is 11.9 Å². The van der Waals surface area contributed by atoms with Gasteiger partial charge < -0.3 is 24.1 Å². The van der Waals surface area contributed by atoms with Crippen LogP contribution in [0.5, 0.6) is 17.2 Å². The Labute approximate surface area is 156 Å². The maximum absolute atomic E-state index is 11.5. The van der Waals surface area contributed by atoms with Crippen LogP contribution in [0.4, 0.5) is 0 Å². The fourth-order valence-electron chi connectivity index (χ4n) is 2.23. The zero-order valence-corrected chi connectivity index (χ0v) is 15.2. The van der Waals surface area contributed by atoms with E-state index in [9.17, 15) is 14.7 Å². The average Bonchev–Trinajstić information content (AvgIpc) is 2.70. The molecule has 1 N–H and O–H groups in total. The number of carbonyl (C=O) groups is 2. The molecular formula is C20H20O7. The van der Waals surface area contributed by atoms with Gasteiger partial charge in [0.2, 0.25) is 0 Å². The zero-order valence-electron chi connectivity index (χ0n) is 15.2. The summed E-state index contributed by atoms with van der Waals surface area (Å²) in [6.45, 7) is -0.162. The highest BCUT2D eigenvalue weighted by Crippen LogP contribution is 2.27. The Morgan fingerprint density at radius 3 is 1.96 bits per heavy atom. The van der Waals surface area contributed by atoms with Gasteiger partial charge in [-0.3, -0.25) is 0 Å². The van der Waals surface area contributed by atoms with Crippen molar-refractivity contribution in [2.24, 2.45) is 0 Å². The van der Waals surface area contributed by atoms with E-state index in [2.05, 4.69) is 4.74 Å². The van der Waals surface area contributed by atoms with E-state index in [-0.39, 0.29) is 12.2 Å². The van der Waals surface area contributed by atoms with E-state index in [1.807, 2.05) is 0 Å². The van der Waals surface area contributed by atoms with Crippen molar-refractivity contribution in [3.05, 3.63) is 59.2 Å². The molecule has 27 heavy (non-hydrogen) atoms. The summed E-state index contributed by atoms with van der Waals surface area (Å²) in [5, 5.41) is 9.42. The van der Waals surface area contributed by atoms with Crippen LogP contribution < -0.4 is 14.2 Å². The van der Waals surface area contributed by atoms with Gasteiger partial charge in [0.05, 0.1) is 32.5 Å². The van der Waals surface area contributed by atoms with Crippen LogP contribution in [0.3, 0.4) is 0 Å². The van der Waals surface area contributed by atoms with Crippen molar-refractivity contribution in [2.45, 2.75) is 0 Å². The molecular weight excluding hydrogens is 352 g/mol. The molecule has 0 aromatic heterocycles. The number of benzene rings is 2. The Balaban J connectivity index is 2.17. The van der Waals surface area contributed by atoms with Gasteiger partial charge in [0.25, 0.3) is 0 Å². The summed E-state index contributed by atoms with van der Waals surface area (Å²) >= 11 is 0. The zero-order chi connectivity index (χ0) is 19.8. The molecule has 2 aromatic rings. The molecule has 0 saturated carbocycles. The first-order valence-corrected chi connectivity index (χ1v) is 7.95. The maximum Gasteiger partial charge on any atom is 0.337 e. The minimum absolute atomic E-state index is 0.0441. The van der Waals surface area contributed by atoms with Gasteiger partial charge in [0.1, 0.15) is 23.9 Å². The van der Waals surface area contributed by atoms with Crippen LogP contribution >= 0.6 is 0 Å². The lowest BCUT2D eigenvalue weighted by Crippen LogP contribution is -2.10. The Bertz CT molecular complexity index is 816. The van der Waals surface area contributed by atoms with Gasteiger partial charge in [-0.1, -0.05) is 12.1 Å². The standard InChI is InChI=1S/C20H20O7/c1-24-16-9-17(25-2)11-18(10-16)27-12-15(19(21)22)8-13-4-6-14(7-5-13)20(23)26-3/h4-11H,12H2,1-3H3,(H,21,22)/b15-8-. The van der Waals surface area contributed by atoms with Crippen LogP contribution in [0.15, 0.2) is 48.0 Å². The molecule has 0 aliphatic heterocycles. The van der Waals surface area contributed by atoms with Crippen molar-refractivity contribution in [1.82, 2.24) is 0 Å². The van der Waals surface area contributed by atoms with Crippen molar-refractivity contribution >= 4 is 18.0 Å². The largest absolute Gasteiger partial charge is 0.496 e. The lowest BCUT2D eigenvalue weighted by molar-refractivity contribution is -0.132. The minimum Gasteiger partial charge on any atom is -0.496 e. The Hall–Kier alpha value is -3.48. The predicted molar refractivity (Wildman–Crippen MR) is 98.4 cm³/mol. The summed E-state index contributed by atoms with van der Waals surface area (Å²) in [4.78, 5) is 23.0. The second-order valence-corrected chi connectivity index (χ2v) is 5.43. The van der Waals surface area contributed by atoms with Gasteiger partial charge in [0, 0.05) is 18.2 Å². The molecule has 0 amide bonds. The summed E-state index contributed by atoms with van der Waals surface area (Å²) in [5.41, 5.74) is 1.04. The number of esters is 1. The third kappa shape index (κ3) is 5.50. The number of methoxy groups -OCH3 is 3. The van der Waals surface area contributed by atoms with Crippen molar-refractivity contribution in [1.29, 1.82) is 0 Å². The average molecular weight is 372 g/mol. The van der Waals surface area contributed by atoms with E-state index in [0.29, 0.717) is 28.4 Å². The van der Waals surface area contributed by atoms with Crippen molar-refractivity contribution in [3.8, 4) is 17.2 Å². The summed E-state index contributed by atoms with van der Waals surface area (Å²) in [7, 11) is 4.32. The molecule has 0 unspecified atom stereocenters. The first-order valence-electron chi connectivity index (χ1n) is 7.95. The van der Waals surface area contributed by atoms with Crippen LogP contribution in [0, 0.1) is 0 Å². The number of carboxylic acid groups (broad SMARTS) is 1. The molecule has 7 heteroatoms. The maximum atomic E-state index is 11.5. The van der Waals surface area contributed by atoms with Crippen LogP contribution in [0.1, 0.15) is 15.9 Å². The van der Waals surface area contributed by atoms with Crippen LogP contribution in [-0.4, -0.2) is 45.0 Å². The molecule has 0 aliphatic carbocycles. The number of aliphatic carboxylic acids is 1. The molecule has 0 atom stereocenters. The summed E-state index contributed by atoms with van der Waals surface area (Å²) in [6, 6.07) is 11.3. The van der Waals surface area contributed by atoms with E-state index in [4.69, 9.17) is 14.2 Å². The molecule has 0 aliphatic rings. The molecule has 0 saturated heterocycles. The third-order valence-corrected chi connectivity index (χ3v) is 3.67. The Morgan fingerprint density at radius 2 is 1.48 bits per heavy atom. The molecule has 142 valence electrons. The summed E-state index contributed by atoms with van der Waals surface area (Å²) in [6.07, 6.45) is 1.47. The fraction of sp³-hybridized carbons (Fsp3) is 0.200. The molecule has 0 fully saturated rings. The predicted octanol–water partition coefficient (Wildman–Crippen LogP) is 3.04. The topological polar surface area (TPSA) is 91.3 Å². The highest BCUT2D eigenvalue weighted by atomic mass is 16.5. The van der Waals surface area contributed by atoms with Crippen molar-refractivity contribution in [2.75, 3.05) is 27.9 Å². The van der Waals surface area contributed by atoms with Gasteiger partial charge in [0.15, 0.2) is 0 Å².